The predicted octanol–water partition coefficient (Wildman–Crippen LogP) is 8.34. The van der Waals surface area contributed by atoms with Crippen molar-refractivity contribution in [3.8, 4) is 0 Å². The third-order valence-corrected chi connectivity index (χ3v) is 11.7. The van der Waals surface area contributed by atoms with E-state index in [1.807, 2.05) is 0 Å². The highest BCUT2D eigenvalue weighted by molar-refractivity contribution is 5.25. The Morgan fingerprint density at radius 2 is 1.74 bits per heavy atom. The zero-order valence-electron chi connectivity index (χ0n) is 21.4. The molecule has 4 rings (SSSR count). The number of rotatable bonds is 6. The molecule has 176 valence electrons. The minimum Gasteiger partial charge on any atom is -0.393 e. The van der Waals surface area contributed by atoms with Crippen molar-refractivity contribution in [2.75, 3.05) is 0 Å². The van der Waals surface area contributed by atoms with E-state index in [0.29, 0.717) is 22.2 Å². The van der Waals surface area contributed by atoms with Gasteiger partial charge in [0.1, 0.15) is 0 Å². The molecule has 1 nitrogen and oxygen atoms in total. The summed E-state index contributed by atoms with van der Waals surface area (Å²) in [6.07, 6.45) is 21.7. The number of hydrogen-bond acceptors (Lipinski definition) is 1. The first-order valence-electron chi connectivity index (χ1n) is 13.8. The van der Waals surface area contributed by atoms with Gasteiger partial charge in [0.25, 0.3) is 0 Å². The summed E-state index contributed by atoms with van der Waals surface area (Å²) in [6, 6.07) is 0. The fourth-order valence-corrected chi connectivity index (χ4v) is 9.14. The van der Waals surface area contributed by atoms with Crippen LogP contribution in [-0.2, 0) is 0 Å². The van der Waals surface area contributed by atoms with Gasteiger partial charge in [0.15, 0.2) is 0 Å². The first-order valence-corrected chi connectivity index (χ1v) is 13.8. The number of hydrogen-bond donors (Lipinski definition) is 1. The number of allylic oxidation sites excluding steroid dienone is 3. The van der Waals surface area contributed by atoms with E-state index in [2.05, 4.69) is 59.8 Å². The van der Waals surface area contributed by atoms with Gasteiger partial charge >= 0.3 is 0 Å². The SMILES string of the molecule is CCC(/C=C/[C@@H](C)[C@H]1CC[C@H]2[C@@H]3CC=C4C[C@@H](O)CC[C@]4(C)[C@H]3CC[C@]12C)(CC)CC. The largest absolute Gasteiger partial charge is 0.393 e. The molecule has 0 aromatic heterocycles. The maximum absolute atomic E-state index is 10.3. The molecule has 3 fully saturated rings. The molecule has 0 amide bonds. The van der Waals surface area contributed by atoms with Crippen molar-refractivity contribution in [2.24, 2.45) is 45.8 Å². The third-order valence-electron chi connectivity index (χ3n) is 11.7. The molecular weight excluding hydrogens is 376 g/mol. The Morgan fingerprint density at radius 3 is 2.42 bits per heavy atom. The van der Waals surface area contributed by atoms with Gasteiger partial charge < -0.3 is 5.11 Å². The second-order valence-corrected chi connectivity index (χ2v) is 12.5. The molecular formula is C30H50O. The van der Waals surface area contributed by atoms with Crippen LogP contribution in [0.25, 0.3) is 0 Å². The molecule has 0 unspecified atom stereocenters. The number of aliphatic hydroxyl groups excluding tert-OH is 1. The highest BCUT2D eigenvalue weighted by atomic mass is 16.3. The second kappa shape index (κ2) is 8.66. The van der Waals surface area contributed by atoms with Crippen LogP contribution in [-0.4, -0.2) is 11.2 Å². The summed E-state index contributed by atoms with van der Waals surface area (Å²) in [4.78, 5) is 0. The first-order chi connectivity index (χ1) is 14.7. The van der Waals surface area contributed by atoms with Crippen LogP contribution in [0.5, 0.6) is 0 Å². The lowest BCUT2D eigenvalue weighted by atomic mass is 9.47. The molecule has 0 heterocycles. The van der Waals surface area contributed by atoms with E-state index in [1.54, 1.807) is 5.57 Å². The Morgan fingerprint density at radius 1 is 1.03 bits per heavy atom. The van der Waals surface area contributed by atoms with Gasteiger partial charge in [0, 0.05) is 0 Å². The lowest BCUT2D eigenvalue weighted by Gasteiger charge is -2.58. The van der Waals surface area contributed by atoms with Gasteiger partial charge in [0.2, 0.25) is 0 Å². The van der Waals surface area contributed by atoms with Gasteiger partial charge in [0.05, 0.1) is 6.10 Å². The second-order valence-electron chi connectivity index (χ2n) is 12.5. The smallest absolute Gasteiger partial charge is 0.0577 e. The van der Waals surface area contributed by atoms with Gasteiger partial charge in [-0.25, -0.2) is 0 Å². The monoisotopic (exact) mass is 426 g/mol. The molecule has 0 aliphatic heterocycles. The van der Waals surface area contributed by atoms with E-state index in [1.165, 1.54) is 57.8 Å². The van der Waals surface area contributed by atoms with E-state index in [9.17, 15) is 5.11 Å². The molecule has 0 aromatic carbocycles. The average molecular weight is 427 g/mol. The van der Waals surface area contributed by atoms with Crippen molar-refractivity contribution >= 4 is 0 Å². The van der Waals surface area contributed by atoms with Crippen molar-refractivity contribution < 1.29 is 5.11 Å². The standard InChI is InChI=1S/C30H50O/c1-7-30(8-2,9-3)19-14-21(4)25-12-13-26-24-11-10-22-20-23(31)15-17-28(22,5)27(24)16-18-29(25,26)6/h10,14,19,21,23-27,31H,7-9,11-13,15-18,20H2,1-6H3/b19-14+/t21-,23+,24+,25-,26+,27+,28+,29-/m1/s1. The van der Waals surface area contributed by atoms with Crippen LogP contribution in [0.4, 0.5) is 0 Å². The van der Waals surface area contributed by atoms with E-state index in [4.69, 9.17) is 0 Å². The summed E-state index contributed by atoms with van der Waals surface area (Å²) in [7, 11) is 0. The fraction of sp³-hybridized carbons (Fsp3) is 0.867. The molecule has 4 aliphatic rings. The van der Waals surface area contributed by atoms with Crippen molar-refractivity contribution in [3.63, 3.8) is 0 Å². The lowest BCUT2D eigenvalue weighted by Crippen LogP contribution is -2.50. The van der Waals surface area contributed by atoms with Crippen molar-refractivity contribution in [2.45, 2.75) is 118 Å². The Hall–Kier alpha value is -0.560. The summed E-state index contributed by atoms with van der Waals surface area (Å²) in [5.41, 5.74) is 2.91. The highest BCUT2D eigenvalue weighted by Crippen LogP contribution is 2.67. The van der Waals surface area contributed by atoms with Gasteiger partial charge in [-0.15, -0.1) is 0 Å². The Balaban J connectivity index is 1.53. The van der Waals surface area contributed by atoms with Gasteiger partial charge in [-0.3, -0.25) is 0 Å². The molecule has 0 spiro atoms. The van der Waals surface area contributed by atoms with Crippen LogP contribution in [0.3, 0.4) is 0 Å². The minimum absolute atomic E-state index is 0.0882. The maximum Gasteiger partial charge on any atom is 0.0577 e. The Kier molecular flexibility index (Phi) is 6.59. The van der Waals surface area contributed by atoms with Crippen LogP contribution in [0.2, 0.25) is 0 Å². The van der Waals surface area contributed by atoms with Gasteiger partial charge in [-0.2, -0.15) is 0 Å². The summed E-state index contributed by atoms with van der Waals surface area (Å²) in [5, 5.41) is 10.3. The van der Waals surface area contributed by atoms with Crippen LogP contribution >= 0.6 is 0 Å². The van der Waals surface area contributed by atoms with E-state index in [0.717, 1.165) is 36.5 Å². The van der Waals surface area contributed by atoms with Crippen molar-refractivity contribution in [1.82, 2.24) is 0 Å². The highest BCUT2D eigenvalue weighted by Gasteiger charge is 2.59. The Labute approximate surface area is 193 Å². The Bertz CT molecular complexity index is 691. The van der Waals surface area contributed by atoms with Crippen LogP contribution in [0.15, 0.2) is 23.8 Å². The van der Waals surface area contributed by atoms with E-state index >= 15 is 0 Å². The van der Waals surface area contributed by atoms with E-state index < -0.39 is 0 Å². The third kappa shape index (κ3) is 3.79. The number of aliphatic hydroxyl groups is 1. The fourth-order valence-electron chi connectivity index (χ4n) is 9.14. The van der Waals surface area contributed by atoms with Crippen LogP contribution in [0.1, 0.15) is 112 Å². The minimum atomic E-state index is -0.0882. The molecule has 31 heavy (non-hydrogen) atoms. The van der Waals surface area contributed by atoms with Crippen molar-refractivity contribution in [3.05, 3.63) is 23.8 Å². The lowest BCUT2D eigenvalue weighted by molar-refractivity contribution is -0.0541. The molecule has 8 atom stereocenters. The molecule has 0 radical (unpaired) electrons. The zero-order chi connectivity index (χ0) is 22.4. The predicted molar refractivity (Wildman–Crippen MR) is 133 cm³/mol. The summed E-state index contributed by atoms with van der Waals surface area (Å²) in [6.45, 7) is 14.9. The van der Waals surface area contributed by atoms with E-state index in [-0.39, 0.29) is 6.10 Å². The zero-order valence-corrected chi connectivity index (χ0v) is 21.4. The molecule has 1 heteroatoms. The van der Waals surface area contributed by atoms with Crippen molar-refractivity contribution in [1.29, 1.82) is 0 Å². The van der Waals surface area contributed by atoms with Crippen LogP contribution < -0.4 is 0 Å². The topological polar surface area (TPSA) is 20.2 Å². The molecule has 0 bridgehead atoms. The van der Waals surface area contributed by atoms with Gasteiger partial charge in [-0.05, 0) is 116 Å². The quantitative estimate of drug-likeness (QED) is 0.423. The molecule has 4 aliphatic carbocycles. The number of fused-ring (bicyclic) bond motifs is 5. The molecule has 1 N–H and O–H groups in total. The molecule has 3 saturated carbocycles. The maximum atomic E-state index is 10.3. The van der Waals surface area contributed by atoms with Gasteiger partial charge in [-0.1, -0.05) is 65.3 Å². The molecule has 0 aromatic rings. The summed E-state index contributed by atoms with van der Waals surface area (Å²) in [5.74, 6) is 4.19. The summed E-state index contributed by atoms with van der Waals surface area (Å²) >= 11 is 0. The summed E-state index contributed by atoms with van der Waals surface area (Å²) < 4.78 is 0. The van der Waals surface area contributed by atoms with Crippen LogP contribution in [0, 0.1) is 45.8 Å². The first kappa shape index (κ1) is 23.6. The average Bonchev–Trinajstić information content (AvgIpc) is 3.13. The normalized spacial score (nSPS) is 43.8. The molecule has 0 saturated heterocycles.